The van der Waals surface area contributed by atoms with E-state index in [1.54, 1.807) is 31.4 Å². The number of fused-ring (bicyclic) bond motifs is 1. The molecule has 4 rings (SSSR count). The van der Waals surface area contributed by atoms with Crippen LogP contribution in [0.5, 0.6) is 23.1 Å². The van der Waals surface area contributed by atoms with Crippen LogP contribution in [0.1, 0.15) is 19.3 Å². The lowest BCUT2D eigenvalue weighted by Crippen LogP contribution is -2.24. The Bertz CT molecular complexity index is 994. The lowest BCUT2D eigenvalue weighted by molar-refractivity contribution is -0.165. The summed E-state index contributed by atoms with van der Waals surface area (Å²) < 4.78 is 42.2. The smallest absolute Gasteiger partial charge is 0.230 e. The Hall–Kier alpha value is -2.97. The Balaban J connectivity index is 1.48. The van der Waals surface area contributed by atoms with Gasteiger partial charge in [0.1, 0.15) is 12.9 Å². The lowest BCUT2D eigenvalue weighted by atomic mass is 10.2. The van der Waals surface area contributed by atoms with Gasteiger partial charge in [0.05, 0.1) is 24.6 Å². The monoisotopic (exact) mass is 414 g/mol. The lowest BCUT2D eigenvalue weighted by Gasteiger charge is -2.22. The molecule has 0 saturated carbocycles. The van der Waals surface area contributed by atoms with Crippen molar-refractivity contribution in [1.82, 2.24) is 9.97 Å². The van der Waals surface area contributed by atoms with Crippen molar-refractivity contribution in [1.29, 1.82) is 0 Å². The van der Waals surface area contributed by atoms with Crippen LogP contribution in [0.25, 0.3) is 10.9 Å². The van der Waals surface area contributed by atoms with Gasteiger partial charge in [0, 0.05) is 12.7 Å². The Morgan fingerprint density at radius 2 is 1.97 bits per heavy atom. The largest absolute Gasteiger partial charge is 0.493 e. The fraction of sp³-hybridized carbons (Fsp3) is 0.364. The van der Waals surface area contributed by atoms with Crippen LogP contribution in [-0.4, -0.2) is 43.2 Å². The van der Waals surface area contributed by atoms with E-state index in [2.05, 4.69) is 9.97 Å². The first-order chi connectivity index (χ1) is 14.7. The van der Waals surface area contributed by atoms with Gasteiger partial charge in [-0.15, -0.1) is 0 Å². The van der Waals surface area contributed by atoms with E-state index in [0.29, 0.717) is 35.6 Å². The van der Waals surface area contributed by atoms with Crippen molar-refractivity contribution < 1.29 is 28.1 Å². The molecular formula is C22H23FN2O5. The molecule has 0 aliphatic carbocycles. The first kappa shape index (κ1) is 20.3. The summed E-state index contributed by atoms with van der Waals surface area (Å²) in [5, 5.41) is 0.580. The van der Waals surface area contributed by atoms with Crippen LogP contribution in [0.15, 0.2) is 42.7 Å². The zero-order valence-electron chi connectivity index (χ0n) is 16.7. The van der Waals surface area contributed by atoms with Crippen LogP contribution >= 0.6 is 0 Å². The molecule has 3 aromatic rings. The first-order valence-corrected chi connectivity index (χ1v) is 9.86. The van der Waals surface area contributed by atoms with Crippen LogP contribution in [0.3, 0.4) is 0 Å². The van der Waals surface area contributed by atoms with Crippen molar-refractivity contribution in [2.24, 2.45) is 0 Å². The molecule has 1 aliphatic rings. The van der Waals surface area contributed by atoms with Gasteiger partial charge in [0.2, 0.25) is 5.88 Å². The van der Waals surface area contributed by atoms with Gasteiger partial charge in [-0.05, 0) is 37.5 Å². The summed E-state index contributed by atoms with van der Waals surface area (Å²) >= 11 is 0. The summed E-state index contributed by atoms with van der Waals surface area (Å²) in [5.74, 6) is 0.850. The summed E-state index contributed by atoms with van der Waals surface area (Å²) in [6.45, 7) is 1.48. The van der Waals surface area contributed by atoms with E-state index in [1.165, 1.54) is 18.5 Å². The standard InChI is InChI=1S/C22H23FN2O5/c1-26-19-12-15-17(13-20(19)27-10-11-29-21-8-4-5-9-28-21)24-14-25-22(15)30-18-7-3-2-6-16(18)23/h2-3,6-7,12-14,21H,4-5,8-11H2,1H3. The fourth-order valence-electron chi connectivity index (χ4n) is 3.20. The highest BCUT2D eigenvalue weighted by molar-refractivity contribution is 5.87. The third-order valence-electron chi connectivity index (χ3n) is 4.71. The van der Waals surface area contributed by atoms with Crippen LogP contribution in [0.2, 0.25) is 0 Å². The molecule has 1 aliphatic heterocycles. The average Bonchev–Trinajstić information content (AvgIpc) is 2.78. The Morgan fingerprint density at radius 1 is 1.07 bits per heavy atom. The van der Waals surface area contributed by atoms with Crippen molar-refractivity contribution in [3.63, 3.8) is 0 Å². The van der Waals surface area contributed by atoms with E-state index >= 15 is 0 Å². The molecular weight excluding hydrogens is 391 g/mol. The molecule has 30 heavy (non-hydrogen) atoms. The number of methoxy groups -OCH3 is 1. The van der Waals surface area contributed by atoms with Crippen molar-refractivity contribution >= 4 is 10.9 Å². The quantitative estimate of drug-likeness (QED) is 0.503. The normalized spacial score (nSPS) is 16.4. The molecule has 1 saturated heterocycles. The van der Waals surface area contributed by atoms with E-state index in [0.717, 1.165) is 25.9 Å². The summed E-state index contributed by atoms with van der Waals surface area (Å²) in [6.07, 6.45) is 4.29. The van der Waals surface area contributed by atoms with Crippen molar-refractivity contribution in [2.45, 2.75) is 25.6 Å². The number of para-hydroxylation sites is 1. The maximum atomic E-state index is 14.0. The predicted molar refractivity (Wildman–Crippen MR) is 108 cm³/mol. The molecule has 158 valence electrons. The van der Waals surface area contributed by atoms with Crippen LogP contribution in [0.4, 0.5) is 4.39 Å². The minimum Gasteiger partial charge on any atom is -0.493 e. The molecule has 0 N–H and O–H groups in total. The zero-order valence-corrected chi connectivity index (χ0v) is 16.7. The number of ether oxygens (including phenoxy) is 5. The molecule has 8 heteroatoms. The topological polar surface area (TPSA) is 71.9 Å². The second kappa shape index (κ2) is 9.69. The molecule has 7 nitrogen and oxygen atoms in total. The molecule has 0 radical (unpaired) electrons. The van der Waals surface area contributed by atoms with Gasteiger partial charge in [-0.1, -0.05) is 12.1 Å². The summed E-state index contributed by atoms with van der Waals surface area (Å²) in [4.78, 5) is 8.42. The van der Waals surface area contributed by atoms with Crippen molar-refractivity contribution in [2.75, 3.05) is 26.9 Å². The maximum Gasteiger partial charge on any atom is 0.230 e. The Labute approximate surface area is 173 Å². The number of hydrogen-bond acceptors (Lipinski definition) is 7. The van der Waals surface area contributed by atoms with Gasteiger partial charge in [0.15, 0.2) is 29.4 Å². The third kappa shape index (κ3) is 4.77. The maximum absolute atomic E-state index is 14.0. The van der Waals surface area contributed by atoms with Gasteiger partial charge >= 0.3 is 0 Å². The summed E-state index contributed by atoms with van der Waals surface area (Å²) in [6, 6.07) is 9.60. The van der Waals surface area contributed by atoms with Gasteiger partial charge in [-0.3, -0.25) is 0 Å². The van der Waals surface area contributed by atoms with Crippen LogP contribution in [-0.2, 0) is 9.47 Å². The molecule has 0 spiro atoms. The molecule has 1 unspecified atom stereocenters. The van der Waals surface area contributed by atoms with E-state index in [1.807, 2.05) is 0 Å². The SMILES string of the molecule is COc1cc2c(Oc3ccccc3F)ncnc2cc1OCCOC1CCCCO1. The summed E-state index contributed by atoms with van der Waals surface area (Å²) in [5.41, 5.74) is 0.587. The Morgan fingerprint density at radius 3 is 2.77 bits per heavy atom. The Kier molecular flexibility index (Phi) is 6.56. The number of rotatable bonds is 8. The van der Waals surface area contributed by atoms with Gasteiger partial charge in [0.25, 0.3) is 0 Å². The average molecular weight is 414 g/mol. The number of hydrogen-bond donors (Lipinski definition) is 0. The van der Waals surface area contributed by atoms with Gasteiger partial charge in [-0.2, -0.15) is 0 Å². The van der Waals surface area contributed by atoms with Crippen LogP contribution in [0, 0.1) is 5.82 Å². The third-order valence-corrected chi connectivity index (χ3v) is 4.71. The first-order valence-electron chi connectivity index (χ1n) is 9.86. The molecule has 1 aromatic heterocycles. The van der Waals surface area contributed by atoms with E-state index in [9.17, 15) is 4.39 Å². The minimum atomic E-state index is -0.474. The van der Waals surface area contributed by atoms with Gasteiger partial charge < -0.3 is 23.7 Å². The number of aromatic nitrogens is 2. The molecule has 1 atom stereocenters. The highest BCUT2D eigenvalue weighted by Gasteiger charge is 2.16. The number of halogens is 1. The highest BCUT2D eigenvalue weighted by Crippen LogP contribution is 2.36. The molecule has 2 aromatic carbocycles. The minimum absolute atomic E-state index is 0.0823. The number of benzene rings is 2. The molecule has 0 amide bonds. The fourth-order valence-corrected chi connectivity index (χ4v) is 3.20. The van der Waals surface area contributed by atoms with Crippen LogP contribution < -0.4 is 14.2 Å². The number of nitrogens with zero attached hydrogens (tertiary/aromatic N) is 2. The van der Waals surface area contributed by atoms with Crippen molar-refractivity contribution in [3.8, 4) is 23.1 Å². The molecule has 1 fully saturated rings. The second-order valence-electron chi connectivity index (χ2n) is 6.75. The molecule has 2 heterocycles. The van der Waals surface area contributed by atoms with E-state index in [-0.39, 0.29) is 17.9 Å². The second-order valence-corrected chi connectivity index (χ2v) is 6.75. The van der Waals surface area contributed by atoms with E-state index < -0.39 is 5.82 Å². The highest BCUT2D eigenvalue weighted by atomic mass is 19.1. The molecule has 0 bridgehead atoms. The van der Waals surface area contributed by atoms with Gasteiger partial charge in [-0.25, -0.2) is 14.4 Å². The van der Waals surface area contributed by atoms with E-state index in [4.69, 9.17) is 23.7 Å². The summed E-state index contributed by atoms with van der Waals surface area (Å²) in [7, 11) is 1.54. The van der Waals surface area contributed by atoms with Crippen molar-refractivity contribution in [3.05, 3.63) is 48.5 Å². The predicted octanol–water partition coefficient (Wildman–Crippen LogP) is 4.49. The zero-order chi connectivity index (χ0) is 20.8.